The standard InChI is InChI=1S/C11H19N3O4/c1-2-18-11(17)9(12)10(16)13-6-5-8(15)14-7-3-4-7/h7,9H,2-6,12H2,1H3,(H,13,16)(H,14,15). The molecule has 1 saturated carbocycles. The highest BCUT2D eigenvalue weighted by molar-refractivity contribution is 6.01. The number of hydrogen-bond donors (Lipinski definition) is 3. The number of nitrogens with two attached hydrogens (primary N) is 1. The van der Waals surface area contributed by atoms with Gasteiger partial charge in [0.25, 0.3) is 0 Å². The molecule has 1 aliphatic rings. The molecule has 0 bridgehead atoms. The summed E-state index contributed by atoms with van der Waals surface area (Å²) in [5.41, 5.74) is 5.37. The molecule has 7 nitrogen and oxygen atoms in total. The van der Waals surface area contributed by atoms with E-state index in [1.54, 1.807) is 6.92 Å². The van der Waals surface area contributed by atoms with Crippen LogP contribution in [0, 0.1) is 0 Å². The molecule has 0 aromatic carbocycles. The van der Waals surface area contributed by atoms with Crippen LogP contribution in [0.1, 0.15) is 26.2 Å². The highest BCUT2D eigenvalue weighted by atomic mass is 16.5. The lowest BCUT2D eigenvalue weighted by atomic mass is 10.3. The van der Waals surface area contributed by atoms with Gasteiger partial charge < -0.3 is 21.1 Å². The van der Waals surface area contributed by atoms with E-state index in [1.807, 2.05) is 0 Å². The Hall–Kier alpha value is -1.63. The molecule has 1 unspecified atom stereocenters. The monoisotopic (exact) mass is 257 g/mol. The van der Waals surface area contributed by atoms with Gasteiger partial charge >= 0.3 is 5.97 Å². The van der Waals surface area contributed by atoms with E-state index in [0.717, 1.165) is 12.8 Å². The van der Waals surface area contributed by atoms with Crippen molar-refractivity contribution in [2.45, 2.75) is 38.3 Å². The first-order valence-corrected chi connectivity index (χ1v) is 6.04. The lowest BCUT2D eigenvalue weighted by molar-refractivity contribution is -0.147. The van der Waals surface area contributed by atoms with E-state index in [9.17, 15) is 14.4 Å². The van der Waals surface area contributed by atoms with E-state index in [1.165, 1.54) is 0 Å². The van der Waals surface area contributed by atoms with E-state index in [2.05, 4.69) is 15.4 Å². The van der Waals surface area contributed by atoms with Crippen molar-refractivity contribution in [1.82, 2.24) is 10.6 Å². The summed E-state index contributed by atoms with van der Waals surface area (Å²) < 4.78 is 4.61. The molecule has 0 heterocycles. The van der Waals surface area contributed by atoms with Crippen LogP contribution in [0.4, 0.5) is 0 Å². The molecule has 0 radical (unpaired) electrons. The fraction of sp³-hybridized carbons (Fsp3) is 0.727. The van der Waals surface area contributed by atoms with Crippen molar-refractivity contribution in [3.05, 3.63) is 0 Å². The minimum Gasteiger partial charge on any atom is -0.464 e. The molecule has 18 heavy (non-hydrogen) atoms. The van der Waals surface area contributed by atoms with Gasteiger partial charge in [0.1, 0.15) is 0 Å². The molecule has 1 rings (SSSR count). The van der Waals surface area contributed by atoms with Gasteiger partial charge in [-0.1, -0.05) is 0 Å². The minimum atomic E-state index is -1.34. The summed E-state index contributed by atoms with van der Waals surface area (Å²) >= 11 is 0. The molecule has 102 valence electrons. The number of carbonyl (C=O) groups is 3. The van der Waals surface area contributed by atoms with Crippen LogP contribution < -0.4 is 16.4 Å². The Balaban J connectivity index is 2.15. The third-order valence-corrected chi connectivity index (χ3v) is 2.42. The molecule has 0 spiro atoms. The molecule has 7 heteroatoms. The van der Waals surface area contributed by atoms with Crippen LogP contribution in [-0.4, -0.2) is 43.0 Å². The summed E-state index contributed by atoms with van der Waals surface area (Å²) in [7, 11) is 0. The third-order valence-electron chi connectivity index (χ3n) is 2.42. The van der Waals surface area contributed by atoms with Crippen molar-refractivity contribution < 1.29 is 19.1 Å². The quantitative estimate of drug-likeness (QED) is 0.386. The lowest BCUT2D eigenvalue weighted by Gasteiger charge is -2.11. The van der Waals surface area contributed by atoms with Crippen molar-refractivity contribution in [3.63, 3.8) is 0 Å². The van der Waals surface area contributed by atoms with Crippen LogP contribution in [0.3, 0.4) is 0 Å². The predicted molar refractivity (Wildman–Crippen MR) is 63.4 cm³/mol. The zero-order chi connectivity index (χ0) is 13.5. The Labute approximate surface area is 105 Å². The average molecular weight is 257 g/mol. The van der Waals surface area contributed by atoms with Gasteiger partial charge in [0, 0.05) is 19.0 Å². The van der Waals surface area contributed by atoms with Crippen LogP contribution >= 0.6 is 0 Å². The van der Waals surface area contributed by atoms with Crippen LogP contribution in [0.15, 0.2) is 0 Å². The molecule has 2 amide bonds. The van der Waals surface area contributed by atoms with Gasteiger partial charge in [-0.2, -0.15) is 0 Å². The maximum Gasteiger partial charge on any atom is 0.332 e. The van der Waals surface area contributed by atoms with Crippen LogP contribution in [0.25, 0.3) is 0 Å². The predicted octanol–water partition coefficient (Wildman–Crippen LogP) is -1.34. The first-order valence-electron chi connectivity index (χ1n) is 6.04. The smallest absolute Gasteiger partial charge is 0.332 e. The van der Waals surface area contributed by atoms with Crippen LogP contribution in [0.2, 0.25) is 0 Å². The summed E-state index contributed by atoms with van der Waals surface area (Å²) in [6.07, 6.45) is 2.22. The number of esters is 1. The Morgan fingerprint density at radius 3 is 2.61 bits per heavy atom. The van der Waals surface area contributed by atoms with Crippen LogP contribution in [0.5, 0.6) is 0 Å². The highest BCUT2D eigenvalue weighted by Crippen LogP contribution is 2.18. The summed E-state index contributed by atoms with van der Waals surface area (Å²) in [4.78, 5) is 33.9. The molecule has 4 N–H and O–H groups in total. The molecule has 0 aromatic rings. The second kappa shape index (κ2) is 6.95. The van der Waals surface area contributed by atoms with Gasteiger partial charge in [-0.25, -0.2) is 4.79 Å². The van der Waals surface area contributed by atoms with Crippen LogP contribution in [-0.2, 0) is 19.1 Å². The van der Waals surface area contributed by atoms with Gasteiger partial charge in [0.15, 0.2) is 6.04 Å². The topological polar surface area (TPSA) is 111 Å². The Morgan fingerprint density at radius 1 is 1.39 bits per heavy atom. The maximum atomic E-state index is 11.4. The van der Waals surface area contributed by atoms with E-state index in [-0.39, 0.29) is 25.5 Å². The Morgan fingerprint density at radius 2 is 2.06 bits per heavy atom. The van der Waals surface area contributed by atoms with Crippen molar-refractivity contribution in [2.75, 3.05) is 13.2 Å². The van der Waals surface area contributed by atoms with Crippen molar-refractivity contribution in [1.29, 1.82) is 0 Å². The van der Waals surface area contributed by atoms with Crippen molar-refractivity contribution in [3.8, 4) is 0 Å². The van der Waals surface area contributed by atoms with E-state index < -0.39 is 17.9 Å². The number of hydrogen-bond acceptors (Lipinski definition) is 5. The summed E-state index contributed by atoms with van der Waals surface area (Å²) in [6, 6.07) is -1.04. The van der Waals surface area contributed by atoms with E-state index in [0.29, 0.717) is 6.04 Å². The second-order valence-electron chi connectivity index (χ2n) is 4.11. The highest BCUT2D eigenvalue weighted by Gasteiger charge is 2.24. The maximum absolute atomic E-state index is 11.4. The Kier molecular flexibility index (Phi) is 5.57. The number of carbonyl (C=O) groups excluding carboxylic acids is 3. The molecule has 1 aliphatic carbocycles. The van der Waals surface area contributed by atoms with E-state index >= 15 is 0 Å². The third kappa shape index (κ3) is 5.13. The van der Waals surface area contributed by atoms with Crippen molar-refractivity contribution in [2.24, 2.45) is 5.73 Å². The van der Waals surface area contributed by atoms with Gasteiger partial charge in [0.05, 0.1) is 6.61 Å². The fourth-order valence-electron chi connectivity index (χ4n) is 1.28. The zero-order valence-electron chi connectivity index (χ0n) is 10.4. The van der Waals surface area contributed by atoms with Gasteiger partial charge in [-0.3, -0.25) is 9.59 Å². The van der Waals surface area contributed by atoms with Crippen molar-refractivity contribution >= 4 is 17.8 Å². The number of amides is 2. The minimum absolute atomic E-state index is 0.109. The SMILES string of the molecule is CCOC(=O)C(N)C(=O)NCCC(=O)NC1CC1. The molecule has 0 aliphatic heterocycles. The largest absolute Gasteiger partial charge is 0.464 e. The molecule has 1 fully saturated rings. The molecular weight excluding hydrogens is 238 g/mol. The Bertz CT molecular complexity index is 328. The van der Waals surface area contributed by atoms with E-state index in [4.69, 9.17) is 5.73 Å². The lowest BCUT2D eigenvalue weighted by Crippen LogP contribution is -2.47. The summed E-state index contributed by atoms with van der Waals surface area (Å²) in [6.45, 7) is 1.96. The average Bonchev–Trinajstić information content (AvgIpc) is 3.12. The molecule has 0 aromatic heterocycles. The molecule has 1 atom stereocenters. The summed E-state index contributed by atoms with van der Waals surface area (Å²) in [5, 5.41) is 5.21. The van der Waals surface area contributed by atoms with Gasteiger partial charge in [-0.15, -0.1) is 0 Å². The number of rotatable bonds is 7. The first kappa shape index (κ1) is 14.4. The molecule has 0 saturated heterocycles. The summed E-state index contributed by atoms with van der Waals surface area (Å²) in [5.74, 6) is -1.51. The zero-order valence-corrected chi connectivity index (χ0v) is 10.4. The fourth-order valence-corrected chi connectivity index (χ4v) is 1.28. The number of nitrogens with one attached hydrogen (secondary N) is 2. The normalized spacial score (nSPS) is 15.7. The number of ether oxygens (including phenoxy) is 1. The molecular formula is C11H19N3O4. The van der Waals surface area contributed by atoms with Gasteiger partial charge in [-0.05, 0) is 19.8 Å². The first-order chi connectivity index (χ1) is 8.54. The second-order valence-corrected chi connectivity index (χ2v) is 4.11. The van der Waals surface area contributed by atoms with Gasteiger partial charge in [0.2, 0.25) is 11.8 Å².